The molecule has 0 saturated carbocycles. The van der Waals surface area contributed by atoms with Crippen LogP contribution in [0.4, 0.5) is 4.79 Å². The molecule has 1 aromatic carbocycles. The lowest BCUT2D eigenvalue weighted by molar-refractivity contribution is 0.0507. The molecular weight excluding hydrogens is 467 g/mol. The van der Waals surface area contributed by atoms with Gasteiger partial charge in [0.05, 0.1) is 6.04 Å². The minimum atomic E-state index is -0.489. The molecule has 26 heavy (non-hydrogen) atoms. The van der Waals surface area contributed by atoms with Crippen LogP contribution in [0.25, 0.3) is 0 Å². The summed E-state index contributed by atoms with van der Waals surface area (Å²) in [5, 5.41) is 6.98. The molecule has 1 saturated heterocycles. The number of carbonyl (C=O) groups is 1. The first-order valence-corrected chi connectivity index (χ1v) is 8.84. The van der Waals surface area contributed by atoms with Gasteiger partial charge in [-0.2, -0.15) is 0 Å². The Hall–Kier alpha value is -1.22. The molecule has 1 unspecified atom stereocenters. The maximum absolute atomic E-state index is 11.9. The Bertz CT molecular complexity index is 634. The molecule has 0 spiro atoms. The van der Waals surface area contributed by atoms with Gasteiger partial charge >= 0.3 is 6.09 Å². The molecule has 0 aromatic heterocycles. The fourth-order valence-electron chi connectivity index (χ4n) is 2.71. The Morgan fingerprint density at radius 1 is 1.42 bits per heavy atom. The molecule has 1 aromatic rings. The quantitative estimate of drug-likeness (QED) is 0.383. The number of guanidine groups is 1. The van der Waals surface area contributed by atoms with Crippen molar-refractivity contribution in [2.24, 2.45) is 4.99 Å². The van der Waals surface area contributed by atoms with Crippen molar-refractivity contribution in [2.75, 3.05) is 20.1 Å². The second-order valence-corrected chi connectivity index (χ2v) is 7.54. The van der Waals surface area contributed by atoms with Gasteiger partial charge in [-0.15, -0.1) is 24.0 Å². The highest BCUT2D eigenvalue weighted by Crippen LogP contribution is 2.13. The largest absolute Gasteiger partial charge is 0.444 e. The van der Waals surface area contributed by atoms with Gasteiger partial charge < -0.3 is 20.3 Å². The molecule has 8 heteroatoms. The highest BCUT2D eigenvalue weighted by atomic mass is 127. The number of ether oxygens (including phenoxy) is 1. The van der Waals surface area contributed by atoms with Crippen molar-refractivity contribution in [3.05, 3.63) is 34.9 Å². The van der Waals surface area contributed by atoms with Crippen LogP contribution in [0.15, 0.2) is 29.3 Å². The first-order chi connectivity index (χ1) is 11.8. The van der Waals surface area contributed by atoms with Crippen LogP contribution in [-0.4, -0.2) is 48.7 Å². The number of benzene rings is 1. The van der Waals surface area contributed by atoms with Gasteiger partial charge in [0, 0.05) is 31.7 Å². The van der Waals surface area contributed by atoms with Crippen molar-refractivity contribution >= 4 is 47.6 Å². The second kappa shape index (κ2) is 10.2. The van der Waals surface area contributed by atoms with Crippen LogP contribution in [0.5, 0.6) is 0 Å². The predicted molar refractivity (Wildman–Crippen MR) is 116 cm³/mol. The second-order valence-electron chi connectivity index (χ2n) is 7.11. The molecule has 0 radical (unpaired) electrons. The number of hydrogen-bond donors (Lipinski definition) is 2. The summed E-state index contributed by atoms with van der Waals surface area (Å²) in [4.78, 5) is 18.4. The summed E-state index contributed by atoms with van der Waals surface area (Å²) >= 11 is 6.01. The number of amides is 1. The van der Waals surface area contributed by atoms with Gasteiger partial charge in [0.2, 0.25) is 0 Å². The number of nitrogens with zero attached hydrogens (tertiary/aromatic N) is 2. The van der Waals surface area contributed by atoms with Gasteiger partial charge in [0.1, 0.15) is 5.60 Å². The predicted octanol–water partition coefficient (Wildman–Crippen LogP) is 3.63. The zero-order valence-electron chi connectivity index (χ0n) is 15.7. The Balaban J connectivity index is 0.00000338. The monoisotopic (exact) mass is 494 g/mol. The molecule has 0 aliphatic carbocycles. The van der Waals surface area contributed by atoms with Crippen LogP contribution in [-0.2, 0) is 11.3 Å². The molecule has 6 nitrogen and oxygen atoms in total. The smallest absolute Gasteiger partial charge is 0.407 e. The lowest BCUT2D eigenvalue weighted by atomic mass is 10.2. The van der Waals surface area contributed by atoms with Crippen LogP contribution in [0.3, 0.4) is 0 Å². The summed E-state index contributed by atoms with van der Waals surface area (Å²) in [7, 11) is 1.76. The molecule has 146 valence electrons. The average molecular weight is 495 g/mol. The molecule has 2 rings (SSSR count). The molecule has 1 atom stereocenters. The van der Waals surface area contributed by atoms with Crippen LogP contribution < -0.4 is 10.6 Å². The summed E-state index contributed by atoms with van der Waals surface area (Å²) in [5.41, 5.74) is 0.605. The van der Waals surface area contributed by atoms with E-state index in [9.17, 15) is 4.79 Å². The van der Waals surface area contributed by atoms with Crippen molar-refractivity contribution in [1.29, 1.82) is 0 Å². The van der Waals surface area contributed by atoms with Crippen LogP contribution in [0.2, 0.25) is 5.02 Å². The Morgan fingerprint density at radius 3 is 2.77 bits per heavy atom. The van der Waals surface area contributed by atoms with Gasteiger partial charge in [-0.1, -0.05) is 23.7 Å². The normalized spacial score (nSPS) is 17.5. The molecule has 1 fully saturated rings. The van der Waals surface area contributed by atoms with Crippen molar-refractivity contribution in [2.45, 2.75) is 45.4 Å². The Kier molecular flexibility index (Phi) is 8.95. The Labute approximate surface area is 177 Å². The average Bonchev–Trinajstić information content (AvgIpc) is 2.94. The van der Waals surface area contributed by atoms with Gasteiger partial charge in [0.15, 0.2) is 5.96 Å². The van der Waals surface area contributed by atoms with E-state index in [1.165, 1.54) is 0 Å². The fraction of sp³-hybridized carbons (Fsp3) is 0.556. The van der Waals surface area contributed by atoms with Gasteiger partial charge in [-0.3, -0.25) is 4.99 Å². The maximum atomic E-state index is 11.9. The highest BCUT2D eigenvalue weighted by Gasteiger charge is 2.27. The third-order valence-electron chi connectivity index (χ3n) is 3.76. The molecular formula is C18H28ClIN4O2. The Morgan fingerprint density at radius 2 is 2.15 bits per heavy atom. The molecule has 1 aliphatic heterocycles. The zero-order chi connectivity index (χ0) is 18.4. The lowest BCUT2D eigenvalue weighted by Crippen LogP contribution is -2.44. The van der Waals surface area contributed by atoms with E-state index in [4.69, 9.17) is 16.3 Å². The maximum Gasteiger partial charge on any atom is 0.407 e. The van der Waals surface area contributed by atoms with E-state index >= 15 is 0 Å². The third-order valence-corrected chi connectivity index (χ3v) is 4.00. The first-order valence-electron chi connectivity index (χ1n) is 8.46. The van der Waals surface area contributed by atoms with Crippen LogP contribution in [0, 0.1) is 0 Å². The van der Waals surface area contributed by atoms with Crippen molar-refractivity contribution in [3.63, 3.8) is 0 Å². The van der Waals surface area contributed by atoms with Crippen LogP contribution >= 0.6 is 35.6 Å². The van der Waals surface area contributed by atoms with Gasteiger partial charge in [-0.05, 0) is 44.9 Å². The van der Waals surface area contributed by atoms with Crippen molar-refractivity contribution < 1.29 is 9.53 Å². The lowest BCUT2D eigenvalue weighted by Gasteiger charge is -2.23. The van der Waals surface area contributed by atoms with E-state index < -0.39 is 5.60 Å². The number of carbonyl (C=O) groups excluding carboxylic acids is 1. The van der Waals surface area contributed by atoms with Gasteiger partial charge in [0.25, 0.3) is 0 Å². The molecule has 1 aliphatic rings. The van der Waals surface area contributed by atoms with Crippen molar-refractivity contribution in [1.82, 2.24) is 15.5 Å². The summed E-state index contributed by atoms with van der Waals surface area (Å²) in [5.74, 6) is 0.813. The highest BCUT2D eigenvalue weighted by molar-refractivity contribution is 14.0. The van der Waals surface area contributed by atoms with E-state index in [0.29, 0.717) is 13.1 Å². The number of aliphatic imine (C=N–C) groups is 1. The first kappa shape index (κ1) is 22.8. The minimum Gasteiger partial charge on any atom is -0.444 e. The SMILES string of the molecule is CN=C(NCc1cccc(Cl)c1)N1CCC(NC(=O)OC(C)(C)C)C1.I. The van der Waals surface area contributed by atoms with E-state index in [-0.39, 0.29) is 36.1 Å². The molecule has 1 amide bonds. The topological polar surface area (TPSA) is 66.0 Å². The fourth-order valence-corrected chi connectivity index (χ4v) is 2.92. The number of likely N-dealkylation sites (tertiary alicyclic amines) is 1. The van der Waals surface area contributed by atoms with Gasteiger partial charge in [-0.25, -0.2) is 4.79 Å². The van der Waals surface area contributed by atoms with E-state index in [1.54, 1.807) is 7.05 Å². The summed E-state index contributed by atoms with van der Waals surface area (Å²) < 4.78 is 5.31. The van der Waals surface area contributed by atoms with Crippen LogP contribution in [0.1, 0.15) is 32.8 Å². The van der Waals surface area contributed by atoms with E-state index in [0.717, 1.165) is 29.5 Å². The van der Waals surface area contributed by atoms with Crippen molar-refractivity contribution in [3.8, 4) is 0 Å². The number of nitrogens with one attached hydrogen (secondary N) is 2. The number of halogens is 2. The number of rotatable bonds is 3. The third kappa shape index (κ3) is 7.57. The number of hydrogen-bond acceptors (Lipinski definition) is 3. The minimum absolute atomic E-state index is 0. The molecule has 0 bridgehead atoms. The van der Waals surface area contributed by atoms with E-state index in [2.05, 4.69) is 20.5 Å². The number of alkyl carbamates (subject to hydrolysis) is 1. The van der Waals surface area contributed by atoms with E-state index in [1.807, 2.05) is 45.0 Å². The summed E-state index contributed by atoms with van der Waals surface area (Å²) in [6, 6.07) is 7.79. The summed E-state index contributed by atoms with van der Waals surface area (Å²) in [6.07, 6.45) is 0.484. The molecule has 1 heterocycles. The summed E-state index contributed by atoms with van der Waals surface area (Å²) in [6.45, 7) is 7.75. The standard InChI is InChI=1S/C18H27ClN4O2.HI/c1-18(2,3)25-17(24)22-15-8-9-23(12-15)16(20-4)21-11-13-6-5-7-14(19)10-13;/h5-7,10,15H,8-9,11-12H2,1-4H3,(H,20,21)(H,22,24);1H. The zero-order valence-corrected chi connectivity index (χ0v) is 18.8. The molecule has 2 N–H and O–H groups in total.